The van der Waals surface area contributed by atoms with Crippen LogP contribution in [0.4, 0.5) is 15.9 Å². The molecule has 0 atom stereocenters. The van der Waals surface area contributed by atoms with Gasteiger partial charge in [0.15, 0.2) is 11.5 Å². The molecule has 166 valence electrons. The van der Waals surface area contributed by atoms with Gasteiger partial charge >= 0.3 is 0 Å². The summed E-state index contributed by atoms with van der Waals surface area (Å²) in [5.74, 6) is 0.508. The number of hydrogen-bond acceptors (Lipinski definition) is 5. The van der Waals surface area contributed by atoms with Crippen molar-refractivity contribution in [2.45, 2.75) is 6.42 Å². The lowest BCUT2D eigenvalue weighted by atomic mass is 10.0. The van der Waals surface area contributed by atoms with Crippen molar-refractivity contribution in [2.75, 3.05) is 36.4 Å². The van der Waals surface area contributed by atoms with Gasteiger partial charge < -0.3 is 15.5 Å². The Morgan fingerprint density at radius 2 is 1.79 bits per heavy atom. The van der Waals surface area contributed by atoms with Gasteiger partial charge in [0.2, 0.25) is 5.91 Å². The largest absolute Gasteiger partial charge is 0.351 e. The number of benzene rings is 2. The molecule has 2 aromatic carbocycles. The van der Waals surface area contributed by atoms with Crippen LogP contribution in [0.3, 0.4) is 0 Å². The Hall–Kier alpha value is -3.30. The molecule has 0 bridgehead atoms. The van der Waals surface area contributed by atoms with Crippen LogP contribution in [0.25, 0.3) is 28.2 Å². The van der Waals surface area contributed by atoms with Crippen molar-refractivity contribution in [1.29, 1.82) is 0 Å². The Kier molecular flexibility index (Phi) is 4.88. The van der Waals surface area contributed by atoms with Gasteiger partial charge in [-0.25, -0.2) is 14.4 Å². The molecule has 6 rings (SSSR count). The molecule has 0 spiro atoms. The zero-order valence-corrected chi connectivity index (χ0v) is 19.2. The number of nitrogens with one attached hydrogen (secondary N) is 2. The molecule has 4 aromatic rings. The van der Waals surface area contributed by atoms with Gasteiger partial charge in [-0.15, -0.1) is 0 Å². The molecule has 4 heterocycles. The third-order valence-electron chi connectivity index (χ3n) is 6.12. The number of fused-ring (bicyclic) bond motifs is 2. The van der Waals surface area contributed by atoms with Crippen molar-refractivity contribution in [2.24, 2.45) is 0 Å². The van der Waals surface area contributed by atoms with E-state index >= 15 is 0 Å². The average molecular weight is 507 g/mol. The highest BCUT2D eigenvalue weighted by molar-refractivity contribution is 9.10. The zero-order chi connectivity index (χ0) is 22.5. The summed E-state index contributed by atoms with van der Waals surface area (Å²) in [5.41, 5.74) is 5.85. The number of rotatable bonds is 3. The van der Waals surface area contributed by atoms with E-state index in [0.29, 0.717) is 6.42 Å². The summed E-state index contributed by atoms with van der Waals surface area (Å²) in [6, 6.07) is 12.3. The van der Waals surface area contributed by atoms with Crippen LogP contribution in [-0.4, -0.2) is 46.5 Å². The normalized spacial score (nSPS) is 15.7. The van der Waals surface area contributed by atoms with Crippen LogP contribution < -0.4 is 15.5 Å². The first-order valence-electron chi connectivity index (χ1n) is 10.8. The molecule has 0 radical (unpaired) electrons. The highest BCUT2D eigenvalue weighted by atomic mass is 79.9. The average Bonchev–Trinajstić information content (AvgIpc) is 3.40. The number of anilines is 2. The van der Waals surface area contributed by atoms with E-state index in [1.165, 1.54) is 12.1 Å². The zero-order valence-electron chi connectivity index (χ0n) is 17.6. The first-order valence-corrected chi connectivity index (χ1v) is 11.6. The topological polar surface area (TPSA) is 74.6 Å². The molecule has 2 aromatic heterocycles. The number of hydrogen-bond donors (Lipinski definition) is 2. The molecule has 7 nitrogen and oxygen atoms in total. The van der Waals surface area contributed by atoms with Crippen molar-refractivity contribution < 1.29 is 9.18 Å². The van der Waals surface area contributed by atoms with Crippen LogP contribution in [0.5, 0.6) is 0 Å². The van der Waals surface area contributed by atoms with Crippen molar-refractivity contribution in [1.82, 2.24) is 19.7 Å². The van der Waals surface area contributed by atoms with Gasteiger partial charge in [-0.2, -0.15) is 0 Å². The van der Waals surface area contributed by atoms with Crippen molar-refractivity contribution in [3.8, 4) is 22.5 Å². The quantitative estimate of drug-likeness (QED) is 0.441. The molecule has 0 unspecified atom stereocenters. The fourth-order valence-electron chi connectivity index (χ4n) is 4.56. The minimum atomic E-state index is -0.296. The summed E-state index contributed by atoms with van der Waals surface area (Å²) in [7, 11) is 0. The van der Waals surface area contributed by atoms with Gasteiger partial charge in [0.05, 0.1) is 24.0 Å². The van der Waals surface area contributed by atoms with Gasteiger partial charge in [-0.3, -0.25) is 9.20 Å². The highest BCUT2D eigenvalue weighted by Gasteiger charge is 2.25. The second-order valence-corrected chi connectivity index (χ2v) is 9.03. The number of aromatic nitrogens is 3. The number of nitrogens with zero attached hydrogens (tertiary/aromatic N) is 4. The van der Waals surface area contributed by atoms with E-state index in [9.17, 15) is 9.18 Å². The summed E-state index contributed by atoms with van der Waals surface area (Å²) >= 11 is 3.68. The van der Waals surface area contributed by atoms with Gasteiger partial charge in [0, 0.05) is 43.0 Å². The first kappa shape index (κ1) is 20.3. The number of piperazine rings is 1. The molecule has 9 heteroatoms. The second kappa shape index (κ2) is 7.93. The molecule has 2 aliphatic heterocycles. The Bertz CT molecular complexity index is 1390. The van der Waals surface area contributed by atoms with E-state index in [0.717, 1.165) is 76.0 Å². The Labute approximate surface area is 197 Å². The van der Waals surface area contributed by atoms with E-state index in [4.69, 9.17) is 9.97 Å². The van der Waals surface area contributed by atoms with Crippen LogP contribution in [0, 0.1) is 5.82 Å². The van der Waals surface area contributed by atoms with E-state index in [2.05, 4.69) is 35.9 Å². The molecule has 1 amide bonds. The highest BCUT2D eigenvalue weighted by Crippen LogP contribution is 2.39. The number of carbonyl (C=O) groups excluding carboxylic acids is 1. The summed E-state index contributed by atoms with van der Waals surface area (Å²) in [4.78, 5) is 23.9. The summed E-state index contributed by atoms with van der Waals surface area (Å²) in [5, 5.41) is 6.26. The van der Waals surface area contributed by atoms with Gasteiger partial charge in [-0.1, -0.05) is 6.07 Å². The van der Waals surface area contributed by atoms with Crippen molar-refractivity contribution in [3.05, 3.63) is 64.6 Å². The minimum absolute atomic E-state index is 0.00887. The van der Waals surface area contributed by atoms with E-state index in [1.807, 2.05) is 18.2 Å². The molecule has 33 heavy (non-hydrogen) atoms. The molecular weight excluding hydrogens is 487 g/mol. The Balaban J connectivity index is 1.62. The van der Waals surface area contributed by atoms with Gasteiger partial charge in [0.1, 0.15) is 10.4 Å². The van der Waals surface area contributed by atoms with Crippen LogP contribution in [-0.2, 0) is 11.2 Å². The fourth-order valence-corrected chi connectivity index (χ4v) is 5.01. The lowest BCUT2D eigenvalue weighted by Crippen LogP contribution is -2.44. The minimum Gasteiger partial charge on any atom is -0.351 e. The number of carbonyl (C=O) groups is 1. The van der Waals surface area contributed by atoms with Crippen LogP contribution in [0.15, 0.2) is 53.3 Å². The number of amides is 1. The van der Waals surface area contributed by atoms with Crippen molar-refractivity contribution >= 4 is 39.0 Å². The lowest BCUT2D eigenvalue weighted by molar-refractivity contribution is -0.115. The third kappa shape index (κ3) is 3.48. The molecular formula is C24H20BrFN6O. The molecule has 0 saturated carbocycles. The smallest absolute Gasteiger partial charge is 0.228 e. The molecule has 2 aliphatic rings. The predicted octanol–water partition coefficient (Wildman–Crippen LogP) is 3.87. The third-order valence-corrected chi connectivity index (χ3v) is 6.68. The van der Waals surface area contributed by atoms with Gasteiger partial charge in [0.25, 0.3) is 0 Å². The standard InChI is InChI=1S/C24H20BrFN6O/c25-19-13-28-23(31-9-7-27-8-10-31)24-30-21(14-1-4-17(26)5-2-14)22(32(19)24)15-3-6-18-16(11-15)12-20(33)29-18/h1-6,11,13,27H,7-10,12H2,(H,29,33). The SMILES string of the molecule is O=C1Cc2cc(-c3c(-c4ccc(F)cc4)nc4c(N5CCNCC5)ncc(Br)n34)ccc2N1. The van der Waals surface area contributed by atoms with Gasteiger partial charge in [-0.05, 0) is 57.9 Å². The maximum atomic E-state index is 13.7. The predicted molar refractivity (Wildman–Crippen MR) is 129 cm³/mol. The van der Waals surface area contributed by atoms with Crippen LogP contribution in [0.2, 0.25) is 0 Å². The fraction of sp³-hybridized carbons (Fsp3) is 0.208. The van der Waals surface area contributed by atoms with E-state index in [1.54, 1.807) is 18.3 Å². The summed E-state index contributed by atoms with van der Waals surface area (Å²) in [6.45, 7) is 3.44. The molecule has 1 fully saturated rings. The monoisotopic (exact) mass is 506 g/mol. The van der Waals surface area contributed by atoms with E-state index in [-0.39, 0.29) is 11.7 Å². The first-order chi connectivity index (χ1) is 16.1. The molecule has 0 aliphatic carbocycles. The maximum Gasteiger partial charge on any atom is 0.228 e. The lowest BCUT2D eigenvalue weighted by Gasteiger charge is -2.28. The number of imidazole rings is 1. The molecule has 1 saturated heterocycles. The van der Waals surface area contributed by atoms with E-state index < -0.39 is 0 Å². The van der Waals surface area contributed by atoms with Crippen LogP contribution >= 0.6 is 15.9 Å². The second-order valence-electron chi connectivity index (χ2n) is 8.21. The molecule has 2 N–H and O–H groups in total. The van der Waals surface area contributed by atoms with Crippen molar-refractivity contribution in [3.63, 3.8) is 0 Å². The summed E-state index contributed by atoms with van der Waals surface area (Å²) < 4.78 is 16.5. The van der Waals surface area contributed by atoms with Crippen LogP contribution in [0.1, 0.15) is 5.56 Å². The number of halogens is 2. The Morgan fingerprint density at radius 3 is 2.58 bits per heavy atom. The Morgan fingerprint density at radius 1 is 1.03 bits per heavy atom. The summed E-state index contributed by atoms with van der Waals surface area (Å²) in [6.07, 6.45) is 2.14. The maximum absolute atomic E-state index is 13.7.